The van der Waals surface area contributed by atoms with Crippen molar-refractivity contribution in [2.24, 2.45) is 122 Å². The molecule has 113 heavy (non-hydrogen) atoms. The monoisotopic (exact) mass is 1550 g/mol. The first-order chi connectivity index (χ1) is 54.3. The number of aliphatic hydroxyl groups is 7. The van der Waals surface area contributed by atoms with E-state index >= 15 is 0 Å². The van der Waals surface area contributed by atoms with Crippen LogP contribution in [0.1, 0.15) is 269 Å². The number of carbonyl (C=O) groups is 4. The lowest BCUT2D eigenvalue weighted by atomic mass is 9.50. The van der Waals surface area contributed by atoms with Crippen LogP contribution < -0.4 is 5.73 Å². The zero-order chi connectivity index (χ0) is 78.8. The lowest BCUT2D eigenvalue weighted by molar-refractivity contribution is -0.127. The van der Waals surface area contributed by atoms with E-state index in [9.17, 15) is 44.7 Å². The Morgan fingerprint density at radius 2 is 0.611 bits per heavy atom. The van der Waals surface area contributed by atoms with Crippen LogP contribution in [0.25, 0.3) is 0 Å². The van der Waals surface area contributed by atoms with Gasteiger partial charge in [-0.3, -0.25) is 28.5 Å². The van der Waals surface area contributed by atoms with E-state index in [-0.39, 0.29) is 41.6 Å². The Morgan fingerprint density at radius 3 is 0.876 bits per heavy atom. The van der Waals surface area contributed by atoms with Crippen LogP contribution in [-0.4, -0.2) is 139 Å². The third-order valence-corrected chi connectivity index (χ3v) is 35.3. The van der Waals surface area contributed by atoms with Crippen molar-refractivity contribution in [1.29, 1.82) is 0 Å². The van der Waals surface area contributed by atoms with Crippen LogP contribution in [0.2, 0.25) is 0 Å². The maximum absolute atomic E-state index is 11.9. The summed E-state index contributed by atoms with van der Waals surface area (Å²) in [5.74, 6) is 10.9. The Kier molecular flexibility index (Phi) is 21.5. The number of hydrogen-bond acceptors (Lipinski definition) is 20. The molecule has 4 heterocycles. The molecule has 24 heteroatoms. The Morgan fingerprint density at radius 1 is 0.336 bits per heavy atom. The molecule has 9 N–H and O–H groups in total. The number of nitrogens with two attached hydrogens (primary N) is 1. The van der Waals surface area contributed by atoms with Gasteiger partial charge in [0.1, 0.15) is 51.9 Å². The van der Waals surface area contributed by atoms with Crippen LogP contribution in [0.4, 0.5) is 0 Å². The number of aryl methyl sites for hydroxylation is 2. The average Bonchev–Trinajstić information content (AvgIpc) is 1.59. The summed E-state index contributed by atoms with van der Waals surface area (Å²) in [4.78, 5) is 47.5. The summed E-state index contributed by atoms with van der Waals surface area (Å²) in [6.45, 7) is 11.4. The average molecular weight is 1560 g/mol. The molecule has 20 rings (SSSR count). The van der Waals surface area contributed by atoms with Crippen molar-refractivity contribution < 1.29 is 54.9 Å². The quantitative estimate of drug-likeness (QED) is 0.0616. The van der Waals surface area contributed by atoms with Gasteiger partial charge in [-0.1, -0.05) is 70.8 Å². The van der Waals surface area contributed by atoms with Gasteiger partial charge in [0.05, 0.1) is 37.9 Å². The molecule has 0 saturated heterocycles. The molecule has 24 nitrogen and oxygen atoms in total. The lowest BCUT2D eigenvalue weighted by Gasteiger charge is -2.55. The summed E-state index contributed by atoms with van der Waals surface area (Å²) < 4.78 is 6.60. The normalized spacial score (nSPS) is 42.3. The van der Waals surface area contributed by atoms with Gasteiger partial charge in [-0.15, -0.1) is 20.4 Å². The van der Waals surface area contributed by atoms with Gasteiger partial charge in [0.2, 0.25) is 0 Å². The number of rotatable bonds is 13. The highest BCUT2D eigenvalue weighted by Gasteiger charge is 2.69. The van der Waals surface area contributed by atoms with Crippen LogP contribution >= 0.6 is 0 Å². The van der Waals surface area contributed by atoms with E-state index in [1.54, 1.807) is 15.6 Å². The van der Waals surface area contributed by atoms with Crippen molar-refractivity contribution in [1.82, 2.24) is 60.0 Å². The molecule has 16 aliphatic rings. The van der Waals surface area contributed by atoms with Crippen molar-refractivity contribution in [3.63, 3.8) is 0 Å². The second kappa shape index (κ2) is 30.7. The van der Waals surface area contributed by atoms with Crippen LogP contribution in [0.15, 0.2) is 71.4 Å². The molecule has 614 valence electrons. The molecule has 4 aromatic rings. The van der Waals surface area contributed by atoms with Crippen LogP contribution in [0, 0.1) is 116 Å². The number of ketones is 4. The highest BCUT2D eigenvalue weighted by atomic mass is 16.3. The molecule has 4 aromatic heterocycles. The minimum Gasteiger partial charge on any atom is -0.396 e. The minimum atomic E-state index is -0.964. The minimum absolute atomic E-state index is 0.0185. The first kappa shape index (κ1) is 79.4. The van der Waals surface area contributed by atoms with Crippen molar-refractivity contribution in [2.75, 3.05) is 19.8 Å². The predicted molar refractivity (Wildman–Crippen MR) is 419 cm³/mol. The smallest absolute Gasteiger partial charge is 0.155 e. The van der Waals surface area contributed by atoms with Crippen LogP contribution in [-0.2, 0) is 67.9 Å². The standard InChI is InChI=1S/C23H34N4O2.C23H33N3O3.C22H31N3O3.C21H29N3O3/c1-22-9-7-18-17-6-4-16(28)13-15(17)3-5-19(18)20(22)8-10-23(22,29)21-14-27(26-25-21)12-2-11-24;1-22-9-7-18-17-6-4-16(28)13-15(17)3-5-19(18)20(22)8-10-23(22,29)21-14-26(25-24-21)11-2-12-27;1-21-8-6-17-16-5-3-15(27)12-14(16)2-4-18(17)19(21)7-9-22(21,28)20-13-25(10-11-26)24-23-20;1-20-8-6-16-15-5-3-14(26)10-13(15)2-4-17(16)18(20)7-9-21(20,27)19-11-24(12-25)23-22-19/h13-14,17-20,29H,2-12,24H2,1H3;13-14,17-20,27,29H,2-12H2,1H3;12-13,16-19,26,28H,2-11H2,1H3;10-11,15-18,25,27H,2-9,12H2,1H3/t2*17?,18?,19?,20?,22-,23+;16?,17?,18?,19?,21-,22+;15?,16?,17?,18?,20-,21+/m0000/s1. The van der Waals surface area contributed by atoms with Gasteiger partial charge in [0.25, 0.3) is 0 Å². The van der Waals surface area contributed by atoms with E-state index in [1.165, 1.54) is 33.4 Å². The van der Waals surface area contributed by atoms with Gasteiger partial charge in [-0.05, 0) is 318 Å². The number of nitrogens with zero attached hydrogens (tertiary/aromatic N) is 12. The van der Waals surface area contributed by atoms with Crippen LogP contribution in [0.3, 0.4) is 0 Å². The number of allylic oxidation sites excluding steroid dienone is 4. The number of hydrogen-bond donors (Lipinski definition) is 8. The van der Waals surface area contributed by atoms with Gasteiger partial charge in [0.15, 0.2) is 23.1 Å². The summed E-state index contributed by atoms with van der Waals surface area (Å²) in [5, 5.41) is 109. The Labute approximate surface area is 665 Å². The van der Waals surface area contributed by atoms with E-state index in [1.807, 2.05) is 47.6 Å². The second-order valence-corrected chi connectivity index (χ2v) is 39.5. The zero-order valence-corrected chi connectivity index (χ0v) is 67.6. The number of carbonyl (C=O) groups excluding carboxylic acids is 4. The van der Waals surface area contributed by atoms with Crippen molar-refractivity contribution >= 4 is 23.1 Å². The highest BCUT2D eigenvalue weighted by Crippen LogP contribution is 2.72. The largest absolute Gasteiger partial charge is 0.396 e. The van der Waals surface area contributed by atoms with E-state index in [2.05, 4.69) is 68.9 Å². The lowest BCUT2D eigenvalue weighted by Crippen LogP contribution is -2.51. The zero-order valence-electron chi connectivity index (χ0n) is 67.6. The Bertz CT molecular complexity index is 4230. The summed E-state index contributed by atoms with van der Waals surface area (Å²) in [6.07, 6.45) is 48.1. The number of aromatic nitrogens is 12. The molecular formula is C89H127N13O11. The van der Waals surface area contributed by atoms with Crippen molar-refractivity contribution in [3.05, 3.63) is 94.2 Å². The molecular weight excluding hydrogens is 1430 g/mol. The SMILES string of the molecule is C[C@]12CCC3C4CCC(=O)C=C4CCC3C1CC[C@@]2(O)c1cn(CCCN)nn1.C[C@]12CCC3C4CCC(=O)C=C4CCC3C1CC[C@@]2(O)c1cn(CCCO)nn1.C[C@]12CCC3C4CCC(=O)C=C4CCC3C1CC[C@@]2(O)c1cn(CCO)nn1.C[C@]12CCC3C4CCC(=O)C=C4CCC3C1CC[C@@]2(O)c1cn(CO)nn1. The predicted octanol–water partition coefficient (Wildman–Crippen LogP) is 11.1. The summed E-state index contributed by atoms with van der Waals surface area (Å²) >= 11 is 0. The van der Waals surface area contributed by atoms with Gasteiger partial charge in [0, 0.05) is 67.0 Å². The molecule has 0 bridgehead atoms. The van der Waals surface area contributed by atoms with E-state index in [0.717, 1.165) is 192 Å². The number of fused-ring (bicyclic) bond motifs is 20. The van der Waals surface area contributed by atoms with Gasteiger partial charge in [-0.2, -0.15) is 0 Å². The topological polar surface area (TPSA) is 359 Å². The van der Waals surface area contributed by atoms with E-state index in [4.69, 9.17) is 15.9 Å². The van der Waals surface area contributed by atoms with E-state index < -0.39 is 22.4 Å². The number of aliphatic hydroxyl groups excluding tert-OH is 3. The molecule has 0 aromatic carbocycles. The first-order valence-electron chi connectivity index (χ1n) is 44.3. The first-order valence-corrected chi connectivity index (χ1v) is 44.3. The maximum Gasteiger partial charge on any atom is 0.155 e. The fourth-order valence-corrected chi connectivity index (χ4v) is 29.4. The summed E-state index contributed by atoms with van der Waals surface area (Å²) in [6, 6.07) is 0. The molecule has 12 saturated carbocycles. The van der Waals surface area contributed by atoms with Gasteiger partial charge in [-0.25, -0.2) is 9.36 Å². The van der Waals surface area contributed by atoms with Crippen LogP contribution in [0.5, 0.6) is 0 Å². The Balaban J connectivity index is 0.000000109. The Hall–Kier alpha value is -6.12. The highest BCUT2D eigenvalue weighted by molar-refractivity contribution is 5.93. The molecule has 0 radical (unpaired) electrons. The molecule has 0 aliphatic heterocycles. The molecule has 16 unspecified atom stereocenters. The molecule has 0 spiro atoms. The summed E-state index contributed by atoms with van der Waals surface area (Å²) in [7, 11) is 0. The molecule has 24 atom stereocenters. The van der Waals surface area contributed by atoms with Crippen molar-refractivity contribution in [2.45, 2.75) is 295 Å². The van der Waals surface area contributed by atoms with Gasteiger partial charge < -0.3 is 41.5 Å². The molecule has 12 fully saturated rings. The summed E-state index contributed by atoms with van der Waals surface area (Å²) in [5.41, 5.74) is 9.59. The van der Waals surface area contributed by atoms with E-state index in [0.29, 0.717) is 187 Å². The molecule has 16 aliphatic carbocycles. The third kappa shape index (κ3) is 13.1. The van der Waals surface area contributed by atoms with Crippen molar-refractivity contribution in [3.8, 4) is 0 Å². The fraction of sp³-hybridized carbons (Fsp3) is 0.775. The second-order valence-electron chi connectivity index (χ2n) is 39.5. The maximum atomic E-state index is 11.9. The fourth-order valence-electron chi connectivity index (χ4n) is 29.4. The third-order valence-electron chi connectivity index (χ3n) is 35.3. The molecule has 0 amide bonds. The van der Waals surface area contributed by atoms with Gasteiger partial charge >= 0.3 is 0 Å².